The lowest BCUT2D eigenvalue weighted by molar-refractivity contribution is -0.144. The summed E-state index contributed by atoms with van der Waals surface area (Å²) in [5.74, 6) is -1.95. The minimum Gasteiger partial charge on any atom is -0.494 e. The molecule has 0 radical (unpaired) electrons. The van der Waals surface area contributed by atoms with Gasteiger partial charge in [0.1, 0.15) is 17.4 Å². The molecule has 2 saturated heterocycles. The third-order valence-electron chi connectivity index (χ3n) is 9.92. The predicted molar refractivity (Wildman–Crippen MR) is 177 cm³/mol. The van der Waals surface area contributed by atoms with E-state index in [2.05, 4.69) is 18.7 Å². The van der Waals surface area contributed by atoms with Crippen LogP contribution in [0.4, 0.5) is 17.1 Å². The van der Waals surface area contributed by atoms with Gasteiger partial charge in [-0.15, -0.1) is 0 Å². The Morgan fingerprint density at radius 1 is 0.891 bits per heavy atom. The van der Waals surface area contributed by atoms with Gasteiger partial charge in [0.2, 0.25) is 11.8 Å². The first-order valence-corrected chi connectivity index (χ1v) is 16.5. The highest BCUT2D eigenvalue weighted by Gasteiger charge is 2.72. The summed E-state index contributed by atoms with van der Waals surface area (Å²) in [6.45, 7) is 10.6. The Labute approximate surface area is 270 Å². The van der Waals surface area contributed by atoms with Crippen molar-refractivity contribution >= 4 is 34.8 Å². The molecule has 1 N–H and O–H groups in total. The normalized spacial score (nSPS) is 27.7. The number of likely N-dealkylation sites (tertiary alicyclic amines) is 1. The van der Waals surface area contributed by atoms with Crippen molar-refractivity contribution < 1.29 is 29.0 Å². The molecular formula is C36H44N4O6. The molecule has 244 valence electrons. The molecular weight excluding hydrogens is 584 g/mol. The number of nitrogens with zero attached hydrogens (tertiary/aromatic N) is 4. The van der Waals surface area contributed by atoms with E-state index in [4.69, 9.17) is 9.47 Å². The average molecular weight is 629 g/mol. The van der Waals surface area contributed by atoms with Gasteiger partial charge in [0.05, 0.1) is 37.2 Å². The van der Waals surface area contributed by atoms with Gasteiger partial charge >= 0.3 is 0 Å². The first-order chi connectivity index (χ1) is 22.3. The van der Waals surface area contributed by atoms with Gasteiger partial charge in [0, 0.05) is 43.2 Å². The van der Waals surface area contributed by atoms with E-state index in [1.54, 1.807) is 9.80 Å². The van der Waals surface area contributed by atoms with Crippen molar-refractivity contribution in [3.63, 3.8) is 0 Å². The standard InChI is InChI=1S/C36H44N4O6/c1-5-24(23-41)40-32-35(44)39(26-14-12-25(13-15-26)37(6-2)7-3)22-10-20-36(32)31(34(40)43)30-29(46-36)11-9-21-38(33(30)42)27-16-18-28(19-17-27)45-8-4/h9-20,24,29-32,41H,5-8,21-23H2,1-4H3/t24-,29+,30-,31-,32?,36-/m0/s1. The highest BCUT2D eigenvalue weighted by atomic mass is 16.5. The zero-order valence-electron chi connectivity index (χ0n) is 27.0. The van der Waals surface area contributed by atoms with E-state index in [1.165, 1.54) is 4.90 Å². The molecule has 0 aliphatic carbocycles. The number of ether oxygens (including phenoxy) is 2. The van der Waals surface area contributed by atoms with Gasteiger partial charge < -0.3 is 34.2 Å². The summed E-state index contributed by atoms with van der Waals surface area (Å²) < 4.78 is 12.4. The van der Waals surface area contributed by atoms with Gasteiger partial charge in [-0.2, -0.15) is 0 Å². The fourth-order valence-corrected chi connectivity index (χ4v) is 7.67. The highest BCUT2D eigenvalue weighted by molar-refractivity contribution is 6.07. The number of aliphatic hydroxyl groups excluding tert-OH is 1. The van der Waals surface area contributed by atoms with E-state index in [0.29, 0.717) is 36.7 Å². The summed E-state index contributed by atoms with van der Waals surface area (Å²) in [4.78, 5) is 50.8. The number of hydrogen-bond acceptors (Lipinski definition) is 7. The summed E-state index contributed by atoms with van der Waals surface area (Å²) in [7, 11) is 0. The van der Waals surface area contributed by atoms with Gasteiger partial charge in [-0.3, -0.25) is 14.4 Å². The number of fused-ring (bicyclic) bond motifs is 2. The Morgan fingerprint density at radius 2 is 1.52 bits per heavy atom. The number of benzene rings is 2. The van der Waals surface area contributed by atoms with E-state index in [9.17, 15) is 19.5 Å². The van der Waals surface area contributed by atoms with Crippen LogP contribution in [0.5, 0.6) is 5.75 Å². The first kappa shape index (κ1) is 31.8. The minimum absolute atomic E-state index is 0.235. The van der Waals surface area contributed by atoms with Crippen LogP contribution in [0.1, 0.15) is 34.1 Å². The molecule has 3 amide bonds. The van der Waals surface area contributed by atoms with Crippen molar-refractivity contribution in [3.8, 4) is 5.75 Å². The van der Waals surface area contributed by atoms with Gasteiger partial charge in [-0.25, -0.2) is 0 Å². The Bertz CT molecular complexity index is 1500. The Morgan fingerprint density at radius 3 is 2.13 bits per heavy atom. The fourth-order valence-electron chi connectivity index (χ4n) is 7.67. The molecule has 4 heterocycles. The third-order valence-corrected chi connectivity index (χ3v) is 9.92. The molecule has 10 nitrogen and oxygen atoms in total. The quantitative estimate of drug-likeness (QED) is 0.400. The van der Waals surface area contributed by atoms with E-state index in [0.717, 1.165) is 18.8 Å². The topological polar surface area (TPSA) is 103 Å². The Balaban J connectivity index is 1.39. The van der Waals surface area contributed by atoms with Crippen molar-refractivity contribution in [2.45, 2.75) is 57.9 Å². The molecule has 1 unspecified atom stereocenters. The summed E-state index contributed by atoms with van der Waals surface area (Å²) in [5.41, 5.74) is 1.09. The van der Waals surface area contributed by atoms with Crippen LogP contribution in [-0.4, -0.2) is 90.9 Å². The van der Waals surface area contributed by atoms with Crippen LogP contribution in [0.25, 0.3) is 0 Å². The van der Waals surface area contributed by atoms with Crippen LogP contribution >= 0.6 is 0 Å². The number of rotatable bonds is 10. The summed E-state index contributed by atoms with van der Waals surface area (Å²) in [6.07, 6.45) is 7.22. The van der Waals surface area contributed by atoms with Gasteiger partial charge in [0.25, 0.3) is 5.91 Å². The maximum absolute atomic E-state index is 14.7. The molecule has 2 aromatic carbocycles. The third kappa shape index (κ3) is 5.08. The monoisotopic (exact) mass is 628 g/mol. The number of amides is 3. The van der Waals surface area contributed by atoms with Crippen molar-refractivity contribution in [1.29, 1.82) is 0 Å². The molecule has 0 saturated carbocycles. The Kier molecular flexibility index (Phi) is 8.94. The molecule has 2 aromatic rings. The first-order valence-electron chi connectivity index (χ1n) is 16.5. The molecule has 1 spiro atoms. The maximum atomic E-state index is 14.7. The van der Waals surface area contributed by atoms with Gasteiger partial charge in [0.15, 0.2) is 0 Å². The average Bonchev–Trinajstić information content (AvgIpc) is 3.38. The van der Waals surface area contributed by atoms with Crippen molar-refractivity contribution in [3.05, 3.63) is 72.8 Å². The van der Waals surface area contributed by atoms with E-state index < -0.39 is 35.6 Å². The minimum atomic E-state index is -1.37. The molecule has 6 atom stereocenters. The SMILES string of the molecule is CCOc1ccc(N2CC=C[C@H]3O[C@]45C=CCN(c6ccc(N(CC)CC)cc6)C(=O)C4N([C@@H](CC)CO)C(=O)[C@@H]5[C@H]3C2=O)cc1. The largest absolute Gasteiger partial charge is 0.494 e. The molecule has 10 heteroatoms. The number of carbonyl (C=O) groups is 3. The lowest BCUT2D eigenvalue weighted by Crippen LogP contribution is -2.58. The van der Waals surface area contributed by atoms with E-state index in [-0.39, 0.29) is 30.9 Å². The lowest BCUT2D eigenvalue weighted by atomic mass is 9.77. The maximum Gasteiger partial charge on any atom is 0.253 e. The molecule has 2 fully saturated rings. The number of aliphatic hydroxyl groups is 1. The zero-order valence-corrected chi connectivity index (χ0v) is 27.0. The molecule has 46 heavy (non-hydrogen) atoms. The Hall–Kier alpha value is -4.15. The molecule has 4 aliphatic rings. The zero-order chi connectivity index (χ0) is 32.6. The second kappa shape index (κ2) is 12.9. The van der Waals surface area contributed by atoms with Gasteiger partial charge in [-0.05, 0) is 75.7 Å². The number of carbonyl (C=O) groups excluding carboxylic acids is 3. The molecule has 0 aromatic heterocycles. The second-order valence-corrected chi connectivity index (χ2v) is 12.2. The van der Waals surface area contributed by atoms with E-state index in [1.807, 2.05) is 86.7 Å². The summed E-state index contributed by atoms with van der Waals surface area (Å²) in [6, 6.07) is 13.5. The van der Waals surface area contributed by atoms with Crippen LogP contribution < -0.4 is 19.4 Å². The van der Waals surface area contributed by atoms with Crippen LogP contribution in [-0.2, 0) is 19.1 Å². The molecule has 0 bridgehead atoms. The van der Waals surface area contributed by atoms with Crippen LogP contribution in [0.3, 0.4) is 0 Å². The smallest absolute Gasteiger partial charge is 0.253 e. The van der Waals surface area contributed by atoms with Crippen LogP contribution in [0.2, 0.25) is 0 Å². The van der Waals surface area contributed by atoms with Crippen LogP contribution in [0.15, 0.2) is 72.8 Å². The number of hydrogen-bond donors (Lipinski definition) is 1. The van der Waals surface area contributed by atoms with Gasteiger partial charge in [-0.1, -0.05) is 31.2 Å². The molecule has 4 aliphatic heterocycles. The second-order valence-electron chi connectivity index (χ2n) is 12.2. The van der Waals surface area contributed by atoms with E-state index >= 15 is 0 Å². The predicted octanol–water partition coefficient (Wildman–Crippen LogP) is 3.79. The van der Waals surface area contributed by atoms with Crippen molar-refractivity contribution in [2.24, 2.45) is 11.8 Å². The highest BCUT2D eigenvalue weighted by Crippen LogP contribution is 2.54. The lowest BCUT2D eigenvalue weighted by Gasteiger charge is -2.38. The van der Waals surface area contributed by atoms with Crippen molar-refractivity contribution in [1.82, 2.24) is 4.90 Å². The van der Waals surface area contributed by atoms with Crippen molar-refractivity contribution in [2.75, 3.05) is 54.1 Å². The summed E-state index contributed by atoms with van der Waals surface area (Å²) in [5, 5.41) is 10.4. The summed E-state index contributed by atoms with van der Waals surface area (Å²) >= 11 is 0. The van der Waals surface area contributed by atoms with Crippen LogP contribution in [0, 0.1) is 11.8 Å². The number of anilines is 3. The molecule has 6 rings (SSSR count). The fraction of sp³-hybridized carbons (Fsp3) is 0.472.